The topological polar surface area (TPSA) is 88.8 Å². The molecule has 104 valence electrons. The fraction of sp³-hybridized carbons (Fsp3) is 0.417. The van der Waals surface area contributed by atoms with Gasteiger partial charge in [0.05, 0.1) is 25.5 Å². The Hall–Kier alpha value is -2.31. The molecule has 0 aliphatic heterocycles. The lowest BCUT2D eigenvalue weighted by molar-refractivity contribution is -0.127. The monoisotopic (exact) mass is 266 g/mol. The van der Waals surface area contributed by atoms with Crippen molar-refractivity contribution in [3.63, 3.8) is 0 Å². The van der Waals surface area contributed by atoms with Crippen LogP contribution in [0.1, 0.15) is 10.4 Å². The number of rotatable bonds is 4. The molecular weight excluding hydrogens is 248 g/mol. The Morgan fingerprint density at radius 2 is 2.00 bits per heavy atom. The summed E-state index contributed by atoms with van der Waals surface area (Å²) in [5.41, 5.74) is 6.20. The Bertz CT molecular complexity index is 488. The zero-order valence-corrected chi connectivity index (χ0v) is 11.5. The molecule has 0 aliphatic rings. The number of anilines is 2. The first-order valence-electron chi connectivity index (χ1n) is 5.62. The third kappa shape index (κ3) is 3.57. The Morgan fingerprint density at radius 3 is 2.53 bits per heavy atom. The molecule has 1 amide bonds. The van der Waals surface area contributed by atoms with E-state index in [1.54, 1.807) is 26.0 Å². The van der Waals surface area contributed by atoms with E-state index in [4.69, 9.17) is 5.73 Å². The maximum Gasteiger partial charge on any atom is 0.341 e. The van der Waals surface area contributed by atoms with Crippen LogP contribution in [0.25, 0.3) is 0 Å². The van der Waals surface area contributed by atoms with E-state index in [9.17, 15) is 9.59 Å². The molecule has 0 saturated heterocycles. The molecule has 0 unspecified atom stereocenters. The number of nitrogen functional groups attached to an aromatic ring is 1. The lowest BCUT2D eigenvalue weighted by Gasteiger charge is -2.21. The molecule has 0 spiro atoms. The highest BCUT2D eigenvalue weighted by atomic mass is 16.5. The number of nitrogens with two attached hydrogens (primary N) is 1. The molecule has 1 rings (SSSR count). The summed E-state index contributed by atoms with van der Waals surface area (Å²) in [7, 11) is 6.27. The van der Waals surface area contributed by atoms with Crippen LogP contribution in [0, 0.1) is 0 Å². The molecule has 1 aromatic rings. The number of carbonyl (C=O) groups is 2. The summed E-state index contributed by atoms with van der Waals surface area (Å²) in [5.74, 6) is -0.285. The number of likely N-dealkylation sites (N-methyl/N-ethyl adjacent to an activating group) is 2. The van der Waals surface area contributed by atoms with Gasteiger partial charge < -0.3 is 20.3 Å². The minimum atomic E-state index is -0.543. The number of carbonyl (C=O) groups excluding carboxylic acids is 2. The largest absolute Gasteiger partial charge is 0.465 e. The molecule has 19 heavy (non-hydrogen) atoms. The average molecular weight is 266 g/mol. The van der Waals surface area contributed by atoms with E-state index in [0.29, 0.717) is 11.5 Å². The summed E-state index contributed by atoms with van der Waals surface area (Å²) >= 11 is 0. The van der Waals surface area contributed by atoms with Gasteiger partial charge in [-0.2, -0.15) is 0 Å². The highest BCUT2D eigenvalue weighted by Gasteiger charge is 2.19. The van der Waals surface area contributed by atoms with E-state index < -0.39 is 5.97 Å². The summed E-state index contributed by atoms with van der Waals surface area (Å²) in [6, 6.07) is 1.48. The molecule has 0 radical (unpaired) electrons. The summed E-state index contributed by atoms with van der Waals surface area (Å²) in [5, 5.41) is 0. The quantitative estimate of drug-likeness (QED) is 0.770. The zero-order chi connectivity index (χ0) is 14.6. The molecular formula is C12H18N4O3. The van der Waals surface area contributed by atoms with Crippen molar-refractivity contribution in [2.75, 3.05) is 45.4 Å². The van der Waals surface area contributed by atoms with Crippen LogP contribution in [-0.4, -0.2) is 56.6 Å². The number of aromatic nitrogens is 1. The number of hydrogen-bond acceptors (Lipinski definition) is 6. The summed E-state index contributed by atoms with van der Waals surface area (Å²) in [6.07, 6.45) is 1.43. The van der Waals surface area contributed by atoms with Gasteiger partial charge in [0.2, 0.25) is 5.91 Å². The first-order valence-corrected chi connectivity index (χ1v) is 5.62. The Balaban J connectivity index is 3.05. The Labute approximate surface area is 112 Å². The van der Waals surface area contributed by atoms with Crippen LogP contribution >= 0.6 is 0 Å². The smallest absolute Gasteiger partial charge is 0.341 e. The third-order valence-corrected chi connectivity index (χ3v) is 2.53. The standard InChI is InChI=1S/C12H18N4O3/c1-15(2)10(17)7-16(3)11-9(12(18)19-4)5-8(13)6-14-11/h5-6H,7,13H2,1-4H3. The molecule has 0 saturated carbocycles. The maximum atomic E-state index is 11.7. The summed E-state index contributed by atoms with van der Waals surface area (Å²) < 4.78 is 4.68. The van der Waals surface area contributed by atoms with Crippen molar-refractivity contribution < 1.29 is 14.3 Å². The van der Waals surface area contributed by atoms with Crippen molar-refractivity contribution in [3.8, 4) is 0 Å². The number of methoxy groups -OCH3 is 1. The minimum Gasteiger partial charge on any atom is -0.465 e. The van der Waals surface area contributed by atoms with Gasteiger partial charge in [-0.05, 0) is 6.07 Å². The van der Waals surface area contributed by atoms with Crippen LogP contribution in [0.4, 0.5) is 11.5 Å². The maximum absolute atomic E-state index is 11.7. The van der Waals surface area contributed by atoms with Crippen molar-refractivity contribution in [2.45, 2.75) is 0 Å². The van der Waals surface area contributed by atoms with Crippen LogP contribution in [0.15, 0.2) is 12.3 Å². The second-order valence-electron chi connectivity index (χ2n) is 4.28. The highest BCUT2D eigenvalue weighted by molar-refractivity contribution is 5.96. The Kier molecular flexibility index (Phi) is 4.68. The Morgan fingerprint density at radius 1 is 1.37 bits per heavy atom. The van der Waals surface area contributed by atoms with Gasteiger partial charge in [0.25, 0.3) is 0 Å². The van der Waals surface area contributed by atoms with E-state index in [-0.39, 0.29) is 18.0 Å². The zero-order valence-electron chi connectivity index (χ0n) is 11.5. The van der Waals surface area contributed by atoms with Gasteiger partial charge in [-0.3, -0.25) is 4.79 Å². The highest BCUT2D eigenvalue weighted by Crippen LogP contribution is 2.19. The van der Waals surface area contributed by atoms with Crippen molar-refractivity contribution in [1.29, 1.82) is 0 Å². The van der Waals surface area contributed by atoms with E-state index in [1.165, 1.54) is 24.3 Å². The molecule has 2 N–H and O–H groups in total. The van der Waals surface area contributed by atoms with Crippen LogP contribution in [0.3, 0.4) is 0 Å². The van der Waals surface area contributed by atoms with Gasteiger partial charge in [-0.25, -0.2) is 9.78 Å². The van der Waals surface area contributed by atoms with Gasteiger partial charge in [0.1, 0.15) is 11.4 Å². The molecule has 7 heteroatoms. The number of pyridine rings is 1. The SMILES string of the molecule is COC(=O)c1cc(N)cnc1N(C)CC(=O)N(C)C. The molecule has 1 heterocycles. The van der Waals surface area contributed by atoms with E-state index in [0.717, 1.165) is 0 Å². The van der Waals surface area contributed by atoms with E-state index >= 15 is 0 Å². The van der Waals surface area contributed by atoms with Gasteiger partial charge in [0, 0.05) is 21.1 Å². The number of nitrogens with zero attached hydrogens (tertiary/aromatic N) is 3. The molecule has 1 aromatic heterocycles. The third-order valence-electron chi connectivity index (χ3n) is 2.53. The van der Waals surface area contributed by atoms with Crippen molar-refractivity contribution in [2.24, 2.45) is 0 Å². The van der Waals surface area contributed by atoms with Crippen molar-refractivity contribution in [1.82, 2.24) is 9.88 Å². The van der Waals surface area contributed by atoms with Crippen molar-refractivity contribution >= 4 is 23.4 Å². The summed E-state index contributed by atoms with van der Waals surface area (Å²) in [4.78, 5) is 30.5. The van der Waals surface area contributed by atoms with Crippen molar-refractivity contribution in [3.05, 3.63) is 17.8 Å². The molecule has 7 nitrogen and oxygen atoms in total. The fourth-order valence-corrected chi connectivity index (χ4v) is 1.46. The summed E-state index contributed by atoms with van der Waals surface area (Å²) in [6.45, 7) is 0.105. The van der Waals surface area contributed by atoms with Crippen LogP contribution in [-0.2, 0) is 9.53 Å². The number of hydrogen-bond donors (Lipinski definition) is 1. The van der Waals surface area contributed by atoms with Gasteiger partial charge in [0.15, 0.2) is 0 Å². The van der Waals surface area contributed by atoms with Gasteiger partial charge >= 0.3 is 5.97 Å². The second kappa shape index (κ2) is 6.03. The molecule has 0 aliphatic carbocycles. The number of amides is 1. The normalized spacial score (nSPS) is 9.89. The lowest BCUT2D eigenvalue weighted by atomic mass is 10.2. The predicted molar refractivity (Wildman–Crippen MR) is 72.0 cm³/mol. The number of esters is 1. The van der Waals surface area contributed by atoms with Gasteiger partial charge in [-0.15, -0.1) is 0 Å². The predicted octanol–water partition coefficient (Wildman–Crippen LogP) is -0.0252. The first kappa shape index (κ1) is 14.7. The molecule has 0 fully saturated rings. The molecule has 0 aromatic carbocycles. The van der Waals surface area contributed by atoms with E-state index in [2.05, 4.69) is 9.72 Å². The minimum absolute atomic E-state index is 0.100. The first-order chi connectivity index (χ1) is 8.86. The van der Waals surface area contributed by atoms with Crippen LogP contribution in [0.5, 0.6) is 0 Å². The van der Waals surface area contributed by atoms with E-state index in [1.807, 2.05) is 0 Å². The van der Waals surface area contributed by atoms with Crippen LogP contribution in [0.2, 0.25) is 0 Å². The second-order valence-corrected chi connectivity index (χ2v) is 4.28. The number of ether oxygens (including phenoxy) is 1. The van der Waals surface area contributed by atoms with Gasteiger partial charge in [-0.1, -0.05) is 0 Å². The molecule has 0 bridgehead atoms. The average Bonchev–Trinajstić information content (AvgIpc) is 2.37. The van der Waals surface area contributed by atoms with Crippen LogP contribution < -0.4 is 10.6 Å². The molecule has 0 atom stereocenters. The lowest BCUT2D eigenvalue weighted by Crippen LogP contribution is -2.35. The fourth-order valence-electron chi connectivity index (χ4n) is 1.46.